The predicted molar refractivity (Wildman–Crippen MR) is 73.4 cm³/mol. The van der Waals surface area contributed by atoms with Gasteiger partial charge in [-0.3, -0.25) is 0 Å². The number of hydrogen-bond donors (Lipinski definition) is 1. The molecule has 1 heterocycles. The van der Waals surface area contributed by atoms with Crippen molar-refractivity contribution in [1.29, 1.82) is 0 Å². The maximum Gasteiger partial charge on any atom is 0.122 e. The normalized spacial score (nSPS) is 12.4. The van der Waals surface area contributed by atoms with E-state index in [2.05, 4.69) is 22.0 Å². The molecule has 0 amide bonds. The van der Waals surface area contributed by atoms with Crippen LogP contribution in [-0.4, -0.2) is 5.11 Å². The molecule has 0 aliphatic rings. The van der Waals surface area contributed by atoms with Crippen LogP contribution in [0.5, 0.6) is 5.75 Å². The summed E-state index contributed by atoms with van der Waals surface area (Å²) in [7, 11) is 0. The molecule has 1 aromatic heterocycles. The van der Waals surface area contributed by atoms with Crippen molar-refractivity contribution in [3.05, 3.63) is 50.6 Å². The van der Waals surface area contributed by atoms with E-state index in [1.165, 1.54) is 4.88 Å². The summed E-state index contributed by atoms with van der Waals surface area (Å²) in [5, 5.41) is 11.4. The molecule has 0 bridgehead atoms. The SMILES string of the molecule is CC(O)c1ccc(OCc2cc(Br)cs2)cc1. The maximum atomic E-state index is 9.38. The fourth-order valence-corrected chi connectivity index (χ4v) is 2.79. The van der Waals surface area contributed by atoms with Gasteiger partial charge in [-0.05, 0) is 46.6 Å². The van der Waals surface area contributed by atoms with Crippen LogP contribution in [0.2, 0.25) is 0 Å². The Hall–Kier alpha value is -0.840. The standard InChI is InChI=1S/C13H13BrO2S/c1-9(15)10-2-4-12(5-3-10)16-7-13-6-11(14)8-17-13/h2-6,8-9,15H,7H2,1H3. The van der Waals surface area contributed by atoms with E-state index < -0.39 is 6.10 Å². The fourth-order valence-electron chi connectivity index (χ4n) is 1.43. The molecular formula is C13H13BrO2S. The fraction of sp³-hybridized carbons (Fsp3) is 0.231. The van der Waals surface area contributed by atoms with Crippen molar-refractivity contribution in [2.45, 2.75) is 19.6 Å². The summed E-state index contributed by atoms with van der Waals surface area (Å²) in [6.07, 6.45) is -0.433. The highest BCUT2D eigenvalue weighted by molar-refractivity contribution is 9.10. The molecule has 1 N–H and O–H groups in total. The van der Waals surface area contributed by atoms with Gasteiger partial charge in [0.1, 0.15) is 12.4 Å². The van der Waals surface area contributed by atoms with Crippen molar-refractivity contribution in [1.82, 2.24) is 0 Å². The Bertz CT molecular complexity index is 476. The zero-order chi connectivity index (χ0) is 12.3. The molecule has 1 aromatic carbocycles. The molecule has 2 aromatic rings. The minimum atomic E-state index is -0.433. The van der Waals surface area contributed by atoms with Gasteiger partial charge in [-0.1, -0.05) is 12.1 Å². The number of halogens is 1. The molecule has 1 atom stereocenters. The summed E-state index contributed by atoms with van der Waals surface area (Å²) in [6.45, 7) is 2.32. The summed E-state index contributed by atoms with van der Waals surface area (Å²) in [6, 6.07) is 9.57. The van der Waals surface area contributed by atoms with Gasteiger partial charge in [-0.2, -0.15) is 0 Å². The molecule has 0 saturated carbocycles. The van der Waals surface area contributed by atoms with Crippen LogP contribution in [-0.2, 0) is 6.61 Å². The smallest absolute Gasteiger partial charge is 0.122 e. The van der Waals surface area contributed by atoms with Crippen molar-refractivity contribution in [3.63, 3.8) is 0 Å². The third kappa shape index (κ3) is 3.56. The van der Waals surface area contributed by atoms with Gasteiger partial charge in [0.2, 0.25) is 0 Å². The highest BCUT2D eigenvalue weighted by atomic mass is 79.9. The lowest BCUT2D eigenvalue weighted by atomic mass is 10.1. The van der Waals surface area contributed by atoms with Crippen LogP contribution in [0.15, 0.2) is 40.2 Å². The number of benzene rings is 1. The van der Waals surface area contributed by atoms with Crippen molar-refractivity contribution in [3.8, 4) is 5.75 Å². The van der Waals surface area contributed by atoms with Gasteiger partial charge in [0.05, 0.1) is 6.10 Å². The molecule has 0 spiro atoms. The topological polar surface area (TPSA) is 29.5 Å². The Morgan fingerprint density at radius 1 is 1.35 bits per heavy atom. The Morgan fingerprint density at radius 2 is 2.06 bits per heavy atom. The maximum absolute atomic E-state index is 9.38. The van der Waals surface area contributed by atoms with E-state index in [9.17, 15) is 5.11 Å². The predicted octanol–water partition coefficient (Wildman–Crippen LogP) is 4.14. The minimum Gasteiger partial charge on any atom is -0.488 e. The first-order valence-corrected chi connectivity index (χ1v) is 6.96. The molecule has 90 valence electrons. The minimum absolute atomic E-state index is 0.433. The third-order valence-corrected chi connectivity index (χ3v) is 4.04. The quantitative estimate of drug-likeness (QED) is 0.919. The first-order chi connectivity index (χ1) is 8.15. The van der Waals surface area contributed by atoms with Gasteiger partial charge in [0, 0.05) is 14.7 Å². The highest BCUT2D eigenvalue weighted by Crippen LogP contribution is 2.22. The molecule has 17 heavy (non-hydrogen) atoms. The van der Waals surface area contributed by atoms with Gasteiger partial charge in [0.15, 0.2) is 0 Å². The Morgan fingerprint density at radius 3 is 2.59 bits per heavy atom. The third-order valence-electron chi connectivity index (χ3n) is 2.37. The van der Waals surface area contributed by atoms with Crippen molar-refractivity contribution < 1.29 is 9.84 Å². The lowest BCUT2D eigenvalue weighted by Gasteiger charge is -2.07. The molecule has 4 heteroatoms. The summed E-state index contributed by atoms with van der Waals surface area (Å²) in [4.78, 5) is 1.18. The number of aliphatic hydroxyl groups is 1. The molecule has 0 saturated heterocycles. The second-order valence-electron chi connectivity index (χ2n) is 3.76. The lowest BCUT2D eigenvalue weighted by molar-refractivity contribution is 0.199. The number of hydrogen-bond acceptors (Lipinski definition) is 3. The van der Waals surface area contributed by atoms with Crippen molar-refractivity contribution in [2.24, 2.45) is 0 Å². The number of ether oxygens (including phenoxy) is 1. The van der Waals surface area contributed by atoms with Crippen LogP contribution in [0.1, 0.15) is 23.5 Å². The van der Waals surface area contributed by atoms with Gasteiger partial charge in [-0.25, -0.2) is 0 Å². The molecule has 0 radical (unpaired) electrons. The largest absolute Gasteiger partial charge is 0.488 e. The van der Waals surface area contributed by atoms with Crippen LogP contribution in [0.25, 0.3) is 0 Å². The van der Waals surface area contributed by atoms with E-state index in [1.807, 2.05) is 29.6 Å². The van der Waals surface area contributed by atoms with Crippen molar-refractivity contribution >= 4 is 27.3 Å². The Labute approximate surface area is 113 Å². The second kappa shape index (κ2) is 5.67. The van der Waals surface area contributed by atoms with E-state index in [4.69, 9.17) is 4.74 Å². The first kappa shape index (κ1) is 12.6. The van der Waals surface area contributed by atoms with Crippen LogP contribution in [0.4, 0.5) is 0 Å². The van der Waals surface area contributed by atoms with Gasteiger partial charge in [-0.15, -0.1) is 11.3 Å². The van der Waals surface area contributed by atoms with Gasteiger partial charge in [0.25, 0.3) is 0 Å². The average molecular weight is 313 g/mol. The van der Waals surface area contributed by atoms with Crippen LogP contribution in [0, 0.1) is 0 Å². The summed E-state index contributed by atoms with van der Waals surface area (Å²) in [5.41, 5.74) is 0.899. The molecule has 0 fully saturated rings. The van der Waals surface area contributed by atoms with E-state index in [0.29, 0.717) is 6.61 Å². The van der Waals surface area contributed by atoms with E-state index in [0.717, 1.165) is 15.8 Å². The zero-order valence-corrected chi connectivity index (χ0v) is 11.8. The summed E-state index contributed by atoms with van der Waals surface area (Å²) >= 11 is 5.08. The average Bonchev–Trinajstić information content (AvgIpc) is 2.73. The molecule has 0 aliphatic heterocycles. The Kier molecular flexibility index (Phi) is 4.20. The van der Waals surface area contributed by atoms with Gasteiger partial charge >= 0.3 is 0 Å². The zero-order valence-electron chi connectivity index (χ0n) is 9.39. The lowest BCUT2D eigenvalue weighted by Crippen LogP contribution is -1.94. The summed E-state index contributed by atoms with van der Waals surface area (Å²) in [5.74, 6) is 0.818. The molecule has 1 unspecified atom stereocenters. The van der Waals surface area contributed by atoms with E-state index >= 15 is 0 Å². The van der Waals surface area contributed by atoms with Crippen LogP contribution >= 0.6 is 27.3 Å². The molecule has 2 rings (SSSR count). The molecule has 2 nitrogen and oxygen atoms in total. The van der Waals surface area contributed by atoms with E-state index in [-0.39, 0.29) is 0 Å². The highest BCUT2D eigenvalue weighted by Gasteiger charge is 2.02. The molecule has 0 aliphatic carbocycles. The Balaban J connectivity index is 1.95. The monoisotopic (exact) mass is 312 g/mol. The summed E-state index contributed by atoms with van der Waals surface area (Å²) < 4.78 is 6.74. The first-order valence-electron chi connectivity index (χ1n) is 5.29. The number of rotatable bonds is 4. The van der Waals surface area contributed by atoms with Gasteiger partial charge < -0.3 is 9.84 Å². The molecular weight excluding hydrogens is 300 g/mol. The van der Waals surface area contributed by atoms with E-state index in [1.54, 1.807) is 18.3 Å². The number of thiophene rings is 1. The van der Waals surface area contributed by atoms with Crippen molar-refractivity contribution in [2.75, 3.05) is 0 Å². The number of aliphatic hydroxyl groups excluding tert-OH is 1. The second-order valence-corrected chi connectivity index (χ2v) is 5.68. The van der Waals surface area contributed by atoms with Crippen LogP contribution in [0.3, 0.4) is 0 Å². The van der Waals surface area contributed by atoms with Crippen LogP contribution < -0.4 is 4.74 Å².